The maximum absolute atomic E-state index is 13.0. The highest BCUT2D eigenvalue weighted by Gasteiger charge is 2.44. The van der Waals surface area contributed by atoms with Crippen molar-refractivity contribution in [1.82, 2.24) is 0 Å². The molecule has 4 rings (SSSR count). The van der Waals surface area contributed by atoms with E-state index in [4.69, 9.17) is 21.1 Å². The predicted molar refractivity (Wildman–Crippen MR) is 128 cm³/mol. The Morgan fingerprint density at radius 3 is 2.59 bits per heavy atom. The van der Waals surface area contributed by atoms with Crippen molar-refractivity contribution in [2.45, 2.75) is 11.3 Å². The number of nitrogens with one attached hydrogen (secondary N) is 1. The average molecular weight is 496 g/mol. The van der Waals surface area contributed by atoms with Crippen LogP contribution in [0.15, 0.2) is 47.5 Å². The predicted octanol–water partition coefficient (Wildman–Crippen LogP) is 3.07. The number of carbonyl (C=O) groups is 1. The van der Waals surface area contributed by atoms with Gasteiger partial charge in [-0.05, 0) is 42.5 Å². The van der Waals surface area contributed by atoms with Crippen molar-refractivity contribution < 1.29 is 22.7 Å². The van der Waals surface area contributed by atoms with Gasteiger partial charge in [-0.15, -0.1) is 0 Å². The Morgan fingerprint density at radius 2 is 1.94 bits per heavy atom. The number of aliphatic imine (C=N–C) groups is 1. The summed E-state index contributed by atoms with van der Waals surface area (Å²) in [4.78, 5) is 19.4. The fourth-order valence-corrected chi connectivity index (χ4v) is 7.57. The van der Waals surface area contributed by atoms with E-state index in [9.17, 15) is 13.2 Å². The van der Waals surface area contributed by atoms with E-state index in [-0.39, 0.29) is 35.2 Å². The molecular formula is C21H22ClN3O5S2. The number of anilines is 2. The number of sulfone groups is 1. The molecule has 0 bridgehead atoms. The first-order valence-corrected chi connectivity index (χ1v) is 12.9. The van der Waals surface area contributed by atoms with E-state index in [0.717, 1.165) is 5.69 Å². The fraction of sp³-hybridized carbons (Fsp3) is 0.333. The fourth-order valence-electron chi connectivity index (χ4n) is 3.61. The number of fused-ring (bicyclic) bond motifs is 1. The average Bonchev–Trinajstić information content (AvgIpc) is 3.25. The highest BCUT2D eigenvalue weighted by Crippen LogP contribution is 2.37. The Labute approximate surface area is 195 Å². The van der Waals surface area contributed by atoms with Crippen LogP contribution in [0.5, 0.6) is 11.5 Å². The number of amidine groups is 1. The lowest BCUT2D eigenvalue weighted by Gasteiger charge is -2.24. The first-order chi connectivity index (χ1) is 15.3. The highest BCUT2D eigenvalue weighted by molar-refractivity contribution is 8.15. The summed E-state index contributed by atoms with van der Waals surface area (Å²) in [7, 11) is 0.0212. The van der Waals surface area contributed by atoms with Crippen molar-refractivity contribution in [2.24, 2.45) is 4.99 Å². The van der Waals surface area contributed by atoms with E-state index >= 15 is 0 Å². The molecule has 1 fully saturated rings. The molecule has 2 aromatic carbocycles. The number of carbonyl (C=O) groups excluding carboxylic acids is 1. The molecule has 2 aromatic rings. The molecule has 0 saturated carbocycles. The molecule has 2 aliphatic rings. The Hall–Kier alpha value is -2.43. The largest absolute Gasteiger partial charge is 0.497 e. The number of nitrogens with zero attached hydrogens (tertiary/aromatic N) is 2. The van der Waals surface area contributed by atoms with E-state index < -0.39 is 9.84 Å². The van der Waals surface area contributed by atoms with E-state index in [2.05, 4.69) is 10.3 Å². The van der Waals surface area contributed by atoms with Gasteiger partial charge < -0.3 is 19.7 Å². The van der Waals surface area contributed by atoms with E-state index in [1.54, 1.807) is 42.3 Å². The van der Waals surface area contributed by atoms with Crippen LogP contribution in [0.25, 0.3) is 0 Å². The van der Waals surface area contributed by atoms with Gasteiger partial charge in [-0.1, -0.05) is 23.4 Å². The Bertz CT molecular complexity index is 1150. The molecule has 0 aliphatic carbocycles. The van der Waals surface area contributed by atoms with Crippen LogP contribution < -0.4 is 19.7 Å². The van der Waals surface area contributed by atoms with E-state index in [0.29, 0.717) is 27.4 Å². The van der Waals surface area contributed by atoms with Gasteiger partial charge in [-0.3, -0.25) is 9.79 Å². The molecule has 0 radical (unpaired) electrons. The van der Waals surface area contributed by atoms with Gasteiger partial charge in [0.15, 0.2) is 15.0 Å². The minimum Gasteiger partial charge on any atom is -0.497 e. The minimum atomic E-state index is -3.07. The van der Waals surface area contributed by atoms with Gasteiger partial charge in [0.25, 0.3) is 0 Å². The number of hydrogen-bond donors (Lipinski definition) is 1. The second kappa shape index (κ2) is 9.21. The summed E-state index contributed by atoms with van der Waals surface area (Å²) in [6.07, 6.45) is 0. The van der Waals surface area contributed by atoms with Gasteiger partial charge in [-0.2, -0.15) is 0 Å². The molecule has 0 spiro atoms. The first-order valence-electron chi connectivity index (χ1n) is 9.78. The monoisotopic (exact) mass is 495 g/mol. The number of thioether (sulfide) groups is 1. The second-order valence-electron chi connectivity index (χ2n) is 7.39. The number of amides is 1. The lowest BCUT2D eigenvalue weighted by atomic mass is 10.2. The van der Waals surface area contributed by atoms with Crippen LogP contribution in [-0.2, 0) is 14.6 Å². The van der Waals surface area contributed by atoms with Gasteiger partial charge in [0.2, 0.25) is 5.91 Å². The van der Waals surface area contributed by atoms with Gasteiger partial charge in [0, 0.05) is 16.0 Å². The van der Waals surface area contributed by atoms with Gasteiger partial charge in [0.05, 0.1) is 37.5 Å². The summed E-state index contributed by atoms with van der Waals surface area (Å²) < 4.78 is 34.4. The normalized spacial score (nSPS) is 20.9. The summed E-state index contributed by atoms with van der Waals surface area (Å²) in [5.41, 5.74) is 1.21. The molecule has 1 saturated heterocycles. The minimum absolute atomic E-state index is 0.0278. The van der Waals surface area contributed by atoms with Crippen molar-refractivity contribution >= 4 is 55.6 Å². The van der Waals surface area contributed by atoms with Crippen LogP contribution in [0.3, 0.4) is 0 Å². The smallest absolute Gasteiger partial charge is 0.244 e. The van der Waals surface area contributed by atoms with E-state index in [1.807, 2.05) is 12.1 Å². The molecule has 8 nitrogen and oxygen atoms in total. The van der Waals surface area contributed by atoms with Crippen molar-refractivity contribution in [3.8, 4) is 11.5 Å². The Morgan fingerprint density at radius 1 is 1.19 bits per heavy atom. The Kier molecular flexibility index (Phi) is 6.55. The number of halogens is 1. The molecule has 2 aliphatic heterocycles. The summed E-state index contributed by atoms with van der Waals surface area (Å²) >= 11 is 7.46. The standard InChI is InChI=1S/C21H22ClN3O5S2/c1-29-15-6-4-14(5-7-15)25(21-24-17-11-32(27,28)12-19(17)31-21)10-20(26)23-16-9-13(22)3-8-18(16)30-2/h3-9,17,19H,10-12H2,1-2H3,(H,23,26)/t17-,19+/m1/s1. The van der Waals surface area contributed by atoms with Crippen LogP contribution in [0, 0.1) is 0 Å². The van der Waals surface area contributed by atoms with Crippen LogP contribution in [0.1, 0.15) is 0 Å². The SMILES string of the molecule is COc1ccc(N(CC(=O)Nc2cc(Cl)ccc2OC)C2=N[C@@H]3CS(=O)(=O)C[C@@H]3S2)cc1. The summed E-state index contributed by atoms with van der Waals surface area (Å²) in [6.45, 7) is -0.0278. The lowest BCUT2D eigenvalue weighted by Crippen LogP contribution is -2.36. The number of ether oxygens (including phenoxy) is 2. The summed E-state index contributed by atoms with van der Waals surface area (Å²) in [6, 6.07) is 11.9. The molecule has 11 heteroatoms. The summed E-state index contributed by atoms with van der Waals surface area (Å²) in [5.74, 6) is 1.01. The molecule has 32 heavy (non-hydrogen) atoms. The maximum atomic E-state index is 13.0. The zero-order chi connectivity index (χ0) is 22.9. The zero-order valence-corrected chi connectivity index (χ0v) is 19.8. The van der Waals surface area contributed by atoms with Crippen LogP contribution in [0.2, 0.25) is 5.02 Å². The van der Waals surface area contributed by atoms with Crippen LogP contribution in [-0.4, -0.2) is 63.1 Å². The third kappa shape index (κ3) is 4.97. The molecule has 2 atom stereocenters. The lowest BCUT2D eigenvalue weighted by molar-refractivity contribution is -0.114. The number of hydrogen-bond acceptors (Lipinski definition) is 8. The van der Waals surface area contributed by atoms with Crippen LogP contribution >= 0.6 is 23.4 Å². The van der Waals surface area contributed by atoms with Crippen molar-refractivity contribution in [2.75, 3.05) is 42.5 Å². The molecule has 0 aromatic heterocycles. The first kappa shape index (κ1) is 22.8. The molecule has 170 valence electrons. The number of benzene rings is 2. The zero-order valence-electron chi connectivity index (χ0n) is 17.4. The molecule has 1 N–H and O–H groups in total. The quantitative estimate of drug-likeness (QED) is 0.657. The number of methoxy groups -OCH3 is 2. The van der Waals surface area contributed by atoms with Gasteiger partial charge in [0.1, 0.15) is 18.0 Å². The topological polar surface area (TPSA) is 97.3 Å². The van der Waals surface area contributed by atoms with Crippen LogP contribution in [0.4, 0.5) is 11.4 Å². The third-order valence-corrected chi connectivity index (χ3v) is 8.64. The molecule has 1 amide bonds. The van der Waals surface area contributed by atoms with Crippen molar-refractivity contribution in [3.05, 3.63) is 47.5 Å². The summed E-state index contributed by atoms with van der Waals surface area (Å²) in [5, 5.41) is 3.79. The van der Waals surface area contributed by atoms with Gasteiger partial charge in [-0.25, -0.2) is 8.42 Å². The van der Waals surface area contributed by atoms with Crippen molar-refractivity contribution in [1.29, 1.82) is 0 Å². The highest BCUT2D eigenvalue weighted by atomic mass is 35.5. The number of rotatable bonds is 6. The molecular weight excluding hydrogens is 474 g/mol. The maximum Gasteiger partial charge on any atom is 0.244 e. The third-order valence-electron chi connectivity index (χ3n) is 5.16. The van der Waals surface area contributed by atoms with Gasteiger partial charge >= 0.3 is 0 Å². The molecule has 0 unspecified atom stereocenters. The Balaban J connectivity index is 1.58. The van der Waals surface area contributed by atoms with E-state index in [1.165, 1.54) is 18.9 Å². The van der Waals surface area contributed by atoms with Crippen molar-refractivity contribution in [3.63, 3.8) is 0 Å². The second-order valence-corrected chi connectivity index (χ2v) is 11.2. The molecule has 2 heterocycles.